The van der Waals surface area contributed by atoms with Crippen molar-refractivity contribution in [2.45, 2.75) is 39.2 Å². The summed E-state index contributed by atoms with van der Waals surface area (Å²) >= 11 is 0. The van der Waals surface area contributed by atoms with Crippen molar-refractivity contribution < 1.29 is 9.59 Å². The predicted molar refractivity (Wildman–Crippen MR) is 131 cm³/mol. The van der Waals surface area contributed by atoms with Crippen molar-refractivity contribution in [3.05, 3.63) is 106 Å². The number of carbonyl (C=O) groups excluding carboxylic acids is 2. The number of carbonyl (C=O) groups is 2. The Morgan fingerprint density at radius 1 is 0.788 bits per heavy atom. The highest BCUT2D eigenvalue weighted by Gasteiger charge is 2.34. The molecule has 0 unspecified atom stereocenters. The number of hydrogen-bond acceptors (Lipinski definition) is 3. The molecule has 0 atom stereocenters. The molecule has 1 aliphatic rings. The third-order valence-electron chi connectivity index (χ3n) is 5.99. The van der Waals surface area contributed by atoms with Crippen molar-refractivity contribution in [1.29, 1.82) is 0 Å². The number of aliphatic imine (C=N–C) groups is 1. The summed E-state index contributed by atoms with van der Waals surface area (Å²) in [4.78, 5) is 30.9. The van der Waals surface area contributed by atoms with Gasteiger partial charge in [-0.25, -0.2) is 0 Å². The van der Waals surface area contributed by atoms with Gasteiger partial charge in [0.05, 0.1) is 17.7 Å². The van der Waals surface area contributed by atoms with E-state index in [-0.39, 0.29) is 18.4 Å². The van der Waals surface area contributed by atoms with Crippen LogP contribution in [0.25, 0.3) is 0 Å². The van der Waals surface area contributed by atoms with Gasteiger partial charge in [0.15, 0.2) is 0 Å². The Balaban J connectivity index is 1.32. The van der Waals surface area contributed by atoms with Gasteiger partial charge in [-0.1, -0.05) is 74.0 Å². The Kier molecular flexibility index (Phi) is 6.98. The van der Waals surface area contributed by atoms with Crippen LogP contribution < -0.4 is 5.73 Å². The van der Waals surface area contributed by atoms with E-state index in [0.717, 1.165) is 43.4 Å². The number of unbranched alkanes of at least 4 members (excludes halogenated alkanes) is 1. The number of amidine groups is 1. The number of amides is 2. The zero-order valence-corrected chi connectivity index (χ0v) is 19.0. The topological polar surface area (TPSA) is 75.8 Å². The van der Waals surface area contributed by atoms with Crippen molar-refractivity contribution in [3.8, 4) is 0 Å². The van der Waals surface area contributed by atoms with Crippen LogP contribution in [-0.4, -0.2) is 29.1 Å². The standard InChI is InChI=1S/C28H29N3O2/c1-2-3-18-30-26(29)23-16-14-21(15-17-23)9-8-20-10-12-22(13-11-20)19-31-27(32)24-6-4-5-7-25(24)28(31)33/h4-7,10-17H,2-3,8-9,18-19H2,1H3,(H2,29,30). The highest BCUT2D eigenvalue weighted by Crippen LogP contribution is 2.24. The summed E-state index contributed by atoms with van der Waals surface area (Å²) in [7, 11) is 0. The van der Waals surface area contributed by atoms with Crippen molar-refractivity contribution >= 4 is 17.6 Å². The fourth-order valence-electron chi connectivity index (χ4n) is 3.96. The van der Waals surface area contributed by atoms with Gasteiger partial charge >= 0.3 is 0 Å². The average Bonchev–Trinajstić information content (AvgIpc) is 3.09. The van der Waals surface area contributed by atoms with E-state index in [2.05, 4.69) is 36.2 Å². The molecule has 5 heteroatoms. The van der Waals surface area contributed by atoms with Crippen LogP contribution in [0.2, 0.25) is 0 Å². The molecule has 3 aromatic rings. The summed E-state index contributed by atoms with van der Waals surface area (Å²) in [6.45, 7) is 3.20. The third-order valence-corrected chi connectivity index (χ3v) is 5.99. The van der Waals surface area contributed by atoms with E-state index in [9.17, 15) is 9.59 Å². The van der Waals surface area contributed by atoms with E-state index >= 15 is 0 Å². The van der Waals surface area contributed by atoms with Crippen LogP contribution in [0.15, 0.2) is 77.8 Å². The largest absolute Gasteiger partial charge is 0.384 e. The summed E-state index contributed by atoms with van der Waals surface area (Å²) in [5, 5.41) is 0. The van der Waals surface area contributed by atoms with Crippen molar-refractivity contribution in [2.24, 2.45) is 10.7 Å². The lowest BCUT2D eigenvalue weighted by atomic mass is 10.0. The maximum absolute atomic E-state index is 12.6. The third kappa shape index (κ3) is 5.20. The lowest BCUT2D eigenvalue weighted by Crippen LogP contribution is -2.29. The summed E-state index contributed by atoms with van der Waals surface area (Å²) in [6, 6.07) is 23.4. The Morgan fingerprint density at radius 2 is 1.30 bits per heavy atom. The van der Waals surface area contributed by atoms with Gasteiger partial charge in [-0.15, -0.1) is 0 Å². The number of imide groups is 1. The van der Waals surface area contributed by atoms with Gasteiger partial charge in [0, 0.05) is 12.1 Å². The summed E-state index contributed by atoms with van der Waals surface area (Å²) < 4.78 is 0. The maximum atomic E-state index is 12.6. The molecule has 3 aromatic carbocycles. The average molecular weight is 440 g/mol. The van der Waals surface area contributed by atoms with Crippen LogP contribution >= 0.6 is 0 Å². The molecule has 2 N–H and O–H groups in total. The van der Waals surface area contributed by atoms with Gasteiger partial charge in [-0.05, 0) is 48.1 Å². The van der Waals surface area contributed by atoms with Gasteiger partial charge in [0.1, 0.15) is 5.84 Å². The first-order chi connectivity index (χ1) is 16.1. The first-order valence-corrected chi connectivity index (χ1v) is 11.5. The minimum absolute atomic E-state index is 0.223. The van der Waals surface area contributed by atoms with Crippen LogP contribution in [0.5, 0.6) is 0 Å². The molecular weight excluding hydrogens is 410 g/mol. The Labute approximate surface area is 195 Å². The second-order valence-electron chi connectivity index (χ2n) is 8.38. The lowest BCUT2D eigenvalue weighted by molar-refractivity contribution is 0.0642. The summed E-state index contributed by atoms with van der Waals surface area (Å²) in [5.74, 6) is 0.155. The van der Waals surface area contributed by atoms with Crippen LogP contribution in [0.4, 0.5) is 0 Å². The lowest BCUT2D eigenvalue weighted by Gasteiger charge is -2.14. The molecule has 0 bridgehead atoms. The van der Waals surface area contributed by atoms with Crippen molar-refractivity contribution in [2.75, 3.05) is 6.54 Å². The predicted octanol–water partition coefficient (Wildman–Crippen LogP) is 4.77. The maximum Gasteiger partial charge on any atom is 0.261 e. The van der Waals surface area contributed by atoms with E-state index in [1.807, 2.05) is 24.3 Å². The van der Waals surface area contributed by atoms with Crippen LogP contribution in [0.3, 0.4) is 0 Å². The minimum atomic E-state index is -0.223. The second kappa shape index (κ2) is 10.3. The van der Waals surface area contributed by atoms with Crippen LogP contribution in [0, 0.1) is 0 Å². The van der Waals surface area contributed by atoms with Gasteiger partial charge in [0.2, 0.25) is 0 Å². The molecule has 0 fully saturated rings. The Morgan fingerprint density at radius 3 is 1.85 bits per heavy atom. The van der Waals surface area contributed by atoms with E-state index in [4.69, 9.17) is 5.73 Å². The van der Waals surface area contributed by atoms with E-state index in [0.29, 0.717) is 17.0 Å². The molecule has 33 heavy (non-hydrogen) atoms. The quantitative estimate of drug-likeness (QED) is 0.226. The Hall–Kier alpha value is -3.73. The van der Waals surface area contributed by atoms with Crippen molar-refractivity contribution in [3.63, 3.8) is 0 Å². The zero-order chi connectivity index (χ0) is 23.2. The first kappa shape index (κ1) is 22.5. The van der Waals surface area contributed by atoms with E-state index in [1.54, 1.807) is 24.3 Å². The summed E-state index contributed by atoms with van der Waals surface area (Å²) in [5.41, 5.74) is 11.4. The number of aryl methyl sites for hydroxylation is 2. The van der Waals surface area contributed by atoms with Crippen molar-refractivity contribution in [1.82, 2.24) is 4.90 Å². The highest BCUT2D eigenvalue weighted by molar-refractivity contribution is 6.21. The number of nitrogens with two attached hydrogens (primary N) is 1. The Bertz CT molecular complexity index is 1130. The second-order valence-corrected chi connectivity index (χ2v) is 8.38. The van der Waals surface area contributed by atoms with E-state index < -0.39 is 0 Å². The molecule has 1 aliphatic heterocycles. The molecule has 0 saturated carbocycles. The fourth-order valence-corrected chi connectivity index (χ4v) is 3.96. The minimum Gasteiger partial charge on any atom is -0.384 e. The molecule has 0 saturated heterocycles. The summed E-state index contributed by atoms with van der Waals surface area (Å²) in [6.07, 6.45) is 3.99. The van der Waals surface area contributed by atoms with Gasteiger partial charge in [-0.3, -0.25) is 19.5 Å². The molecule has 1 heterocycles. The number of benzene rings is 3. The molecule has 4 rings (SSSR count). The number of nitrogens with zero attached hydrogens (tertiary/aromatic N) is 2. The zero-order valence-electron chi connectivity index (χ0n) is 19.0. The monoisotopic (exact) mass is 439 g/mol. The molecule has 0 aliphatic carbocycles. The van der Waals surface area contributed by atoms with E-state index in [1.165, 1.54) is 16.0 Å². The highest BCUT2D eigenvalue weighted by atomic mass is 16.2. The molecular formula is C28H29N3O2. The fraction of sp³-hybridized carbons (Fsp3) is 0.250. The van der Waals surface area contributed by atoms with Gasteiger partial charge < -0.3 is 5.73 Å². The molecule has 0 radical (unpaired) electrons. The van der Waals surface area contributed by atoms with Crippen LogP contribution in [-0.2, 0) is 19.4 Å². The molecule has 0 spiro atoms. The smallest absolute Gasteiger partial charge is 0.261 e. The molecule has 5 nitrogen and oxygen atoms in total. The number of fused-ring (bicyclic) bond motifs is 1. The van der Waals surface area contributed by atoms with Gasteiger partial charge in [0.25, 0.3) is 11.8 Å². The van der Waals surface area contributed by atoms with Crippen LogP contribution in [0.1, 0.15) is 62.7 Å². The normalized spacial score (nSPS) is 13.5. The molecule has 0 aromatic heterocycles. The molecule has 2 amide bonds. The van der Waals surface area contributed by atoms with Gasteiger partial charge in [-0.2, -0.15) is 0 Å². The number of rotatable bonds is 9. The SMILES string of the molecule is CCCCN=C(N)c1ccc(CCc2ccc(CN3C(=O)c4ccccc4C3=O)cc2)cc1. The number of hydrogen-bond donors (Lipinski definition) is 1. The molecule has 168 valence electrons. The first-order valence-electron chi connectivity index (χ1n) is 11.5.